The van der Waals surface area contributed by atoms with Gasteiger partial charge in [0.05, 0.1) is 0 Å². The molecule has 2 aliphatic heterocycles. The molecule has 0 aliphatic carbocycles. The zero-order chi connectivity index (χ0) is 25.1. The van der Waals surface area contributed by atoms with Gasteiger partial charge >= 0.3 is 11.9 Å². The van der Waals surface area contributed by atoms with Gasteiger partial charge in [0, 0.05) is 53.2 Å². The molecule has 2 atom stereocenters. The molecule has 4 heterocycles. The first kappa shape index (κ1) is 27.5. The standard InChI is InChI=1S/C17H17N9O7S2.Na/c1-6(27)32-2-7-4-34-15-11(14(29)26(15)12(7)16(30)31)20-13(28)10(8-5-35-17(18)19-8)23-33-3-9-21-24-25-22-9;/h5,11,15H,2-4H2,1H3,(H2,18,19)(H,20,28)(H,30,31)(H,21,22,24,25);/t11?,15-;/m1./s1. The van der Waals surface area contributed by atoms with Gasteiger partial charge in [-0.3, -0.25) is 19.3 Å². The topological polar surface area (TPSA) is 228 Å². The van der Waals surface area contributed by atoms with Gasteiger partial charge in [-0.1, -0.05) is 10.4 Å². The number of esters is 1. The van der Waals surface area contributed by atoms with E-state index < -0.39 is 35.2 Å². The number of oxime groups is 1. The zero-order valence-electron chi connectivity index (χ0n) is 18.8. The van der Waals surface area contributed by atoms with E-state index in [1.54, 1.807) is 0 Å². The minimum Gasteiger partial charge on any atom is -0.477 e. The van der Waals surface area contributed by atoms with Crippen molar-refractivity contribution < 1.29 is 33.9 Å². The van der Waals surface area contributed by atoms with Crippen molar-refractivity contribution in [2.45, 2.75) is 24.9 Å². The first-order valence-electron chi connectivity index (χ1n) is 9.74. The summed E-state index contributed by atoms with van der Waals surface area (Å²) in [5.41, 5.74) is 5.54. The third kappa shape index (κ3) is 5.84. The SMILES string of the molecule is CC(=O)OCC1=C(C(=O)O)N2C(=O)C(NC(=O)C(=NOCc3nn[nH]n3)c3csc(N)n3)[C@H]2SC1.[Na]. The molecule has 0 spiro atoms. The van der Waals surface area contributed by atoms with Crippen molar-refractivity contribution in [3.63, 3.8) is 0 Å². The van der Waals surface area contributed by atoms with Crippen molar-refractivity contribution in [2.24, 2.45) is 5.16 Å². The van der Waals surface area contributed by atoms with Gasteiger partial charge in [0.15, 0.2) is 17.5 Å². The number of hydrogen-bond acceptors (Lipinski definition) is 14. The van der Waals surface area contributed by atoms with E-state index in [1.807, 2.05) is 0 Å². The van der Waals surface area contributed by atoms with E-state index in [0.717, 1.165) is 16.2 Å². The van der Waals surface area contributed by atoms with Gasteiger partial charge in [0.25, 0.3) is 11.8 Å². The number of thioether (sulfide) groups is 1. The first-order chi connectivity index (χ1) is 16.8. The number of nitrogens with zero attached hydrogens (tertiary/aromatic N) is 6. The molecule has 0 aromatic carbocycles. The molecule has 2 amide bonds. The van der Waals surface area contributed by atoms with Crippen LogP contribution >= 0.6 is 23.1 Å². The number of amides is 2. The molecule has 1 saturated heterocycles. The molecule has 1 unspecified atom stereocenters. The summed E-state index contributed by atoms with van der Waals surface area (Å²) < 4.78 is 4.90. The number of carboxylic acid groups (broad SMARTS) is 1. The molecule has 19 heteroatoms. The molecule has 16 nitrogen and oxygen atoms in total. The van der Waals surface area contributed by atoms with Crippen LogP contribution in [0.5, 0.6) is 0 Å². The Bertz CT molecular complexity index is 1230. The van der Waals surface area contributed by atoms with E-state index in [9.17, 15) is 24.3 Å². The molecule has 185 valence electrons. The molecule has 1 fully saturated rings. The Morgan fingerprint density at radius 3 is 2.78 bits per heavy atom. The Morgan fingerprint density at radius 2 is 2.17 bits per heavy atom. The van der Waals surface area contributed by atoms with E-state index in [4.69, 9.17) is 15.3 Å². The average Bonchev–Trinajstić information content (AvgIpc) is 3.49. The molecule has 0 bridgehead atoms. The van der Waals surface area contributed by atoms with Gasteiger partial charge in [0.1, 0.15) is 29.4 Å². The summed E-state index contributed by atoms with van der Waals surface area (Å²) in [6.07, 6.45) is 0. The molecule has 1 radical (unpaired) electrons. The van der Waals surface area contributed by atoms with Crippen LogP contribution < -0.4 is 11.1 Å². The number of tetrazole rings is 1. The number of H-pyrrole nitrogens is 1. The summed E-state index contributed by atoms with van der Waals surface area (Å²) in [4.78, 5) is 59.0. The quantitative estimate of drug-likeness (QED) is 0.0885. The summed E-state index contributed by atoms with van der Waals surface area (Å²) in [5, 5.41) is 30.0. The number of carboxylic acids is 1. The summed E-state index contributed by atoms with van der Waals surface area (Å²) in [7, 11) is 0. The van der Waals surface area contributed by atoms with Gasteiger partial charge in [-0.05, 0) is 0 Å². The number of aromatic nitrogens is 5. The predicted octanol–water partition coefficient (Wildman–Crippen LogP) is -1.92. The number of β-lactam (4-membered cyclic amide) rings is 1. The van der Waals surface area contributed by atoms with E-state index in [1.165, 1.54) is 24.1 Å². The number of nitrogens with two attached hydrogens (primary N) is 1. The Balaban J connectivity index is 0.00000361. The van der Waals surface area contributed by atoms with E-state index in [2.05, 4.69) is 36.1 Å². The van der Waals surface area contributed by atoms with E-state index >= 15 is 0 Å². The molecule has 5 N–H and O–H groups in total. The van der Waals surface area contributed by atoms with Gasteiger partial charge in [-0.25, -0.2) is 9.78 Å². The van der Waals surface area contributed by atoms with E-state index in [0.29, 0.717) is 0 Å². The van der Waals surface area contributed by atoms with Gasteiger partial charge < -0.3 is 25.7 Å². The third-order valence-electron chi connectivity index (χ3n) is 4.70. The number of aromatic amines is 1. The second-order valence-corrected chi connectivity index (χ2v) is 9.01. The van der Waals surface area contributed by atoms with E-state index in [-0.39, 0.29) is 82.2 Å². The maximum atomic E-state index is 13.0. The number of carbonyl (C=O) groups is 4. The molecule has 2 aliphatic rings. The molecular weight excluding hydrogens is 529 g/mol. The number of anilines is 1. The fourth-order valence-corrected chi connectivity index (χ4v) is 5.07. The Labute approximate surface area is 232 Å². The Kier molecular flexibility index (Phi) is 9.01. The van der Waals surface area contributed by atoms with Crippen molar-refractivity contribution >= 4 is 87.3 Å². The van der Waals surface area contributed by atoms with Crippen LogP contribution in [0, 0.1) is 0 Å². The van der Waals surface area contributed by atoms with Crippen LogP contribution in [0.15, 0.2) is 21.8 Å². The number of thiazole rings is 1. The Morgan fingerprint density at radius 1 is 1.39 bits per heavy atom. The molecule has 2 aromatic rings. The summed E-state index contributed by atoms with van der Waals surface area (Å²) >= 11 is 2.29. The van der Waals surface area contributed by atoms with Crippen molar-refractivity contribution in [2.75, 3.05) is 18.1 Å². The molecule has 2 aromatic heterocycles. The van der Waals surface area contributed by atoms with Gasteiger partial charge in [-0.15, -0.1) is 33.3 Å². The second-order valence-electron chi connectivity index (χ2n) is 7.01. The van der Waals surface area contributed by atoms with Crippen molar-refractivity contribution in [3.8, 4) is 0 Å². The fourth-order valence-electron chi connectivity index (χ4n) is 3.19. The van der Waals surface area contributed by atoms with Crippen LogP contribution in [0.2, 0.25) is 0 Å². The summed E-state index contributed by atoms with van der Waals surface area (Å²) in [6, 6.07) is -1.03. The smallest absolute Gasteiger partial charge is 0.352 e. The average molecular weight is 547 g/mol. The number of nitrogen functional groups attached to an aromatic ring is 1. The number of rotatable bonds is 9. The van der Waals surface area contributed by atoms with Crippen molar-refractivity contribution in [1.82, 2.24) is 35.8 Å². The minimum atomic E-state index is -1.34. The van der Waals surface area contributed by atoms with Crippen LogP contribution in [-0.4, -0.2) is 118 Å². The monoisotopic (exact) mass is 546 g/mol. The number of fused-ring (bicyclic) bond motifs is 1. The summed E-state index contributed by atoms with van der Waals surface area (Å²) in [5.74, 6) is -2.97. The van der Waals surface area contributed by atoms with Crippen LogP contribution in [0.1, 0.15) is 18.4 Å². The number of hydrogen-bond donors (Lipinski definition) is 4. The minimum absolute atomic E-state index is 0. The zero-order valence-corrected chi connectivity index (χ0v) is 22.5. The third-order valence-corrected chi connectivity index (χ3v) is 6.72. The number of carbonyl (C=O) groups excluding carboxylic acids is 3. The van der Waals surface area contributed by atoms with Crippen LogP contribution in [0.4, 0.5) is 5.13 Å². The van der Waals surface area contributed by atoms with Crippen LogP contribution in [0.3, 0.4) is 0 Å². The maximum absolute atomic E-state index is 13.0. The molecule has 36 heavy (non-hydrogen) atoms. The van der Waals surface area contributed by atoms with Crippen molar-refractivity contribution in [1.29, 1.82) is 0 Å². The van der Waals surface area contributed by atoms with Gasteiger partial charge in [0.2, 0.25) is 5.82 Å². The molecule has 4 rings (SSSR count). The Hall–Kier alpha value is -3.06. The number of ether oxygens (including phenoxy) is 1. The van der Waals surface area contributed by atoms with Gasteiger partial charge in [-0.2, -0.15) is 5.21 Å². The summed E-state index contributed by atoms with van der Waals surface area (Å²) in [6.45, 7) is 0.748. The largest absolute Gasteiger partial charge is 0.477 e. The normalized spacial score (nSPS) is 19.1. The molecular formula is C17H17N9NaO7S2. The van der Waals surface area contributed by atoms with Crippen LogP contribution in [-0.2, 0) is 35.4 Å². The maximum Gasteiger partial charge on any atom is 0.352 e. The van der Waals surface area contributed by atoms with Crippen LogP contribution in [0.25, 0.3) is 0 Å². The molecule has 0 saturated carbocycles. The number of aliphatic carboxylic acids is 1. The second kappa shape index (κ2) is 11.8. The fraction of sp³-hybridized carbons (Fsp3) is 0.353. The predicted molar refractivity (Wildman–Crippen MR) is 124 cm³/mol. The van der Waals surface area contributed by atoms with Crippen molar-refractivity contribution in [3.05, 3.63) is 28.2 Å². The first-order valence-corrected chi connectivity index (χ1v) is 11.7. The number of nitrogens with one attached hydrogen (secondary N) is 2.